The van der Waals surface area contributed by atoms with E-state index in [9.17, 15) is 14.7 Å². The summed E-state index contributed by atoms with van der Waals surface area (Å²) in [5.74, 6) is -1.32. The molecule has 0 aromatic heterocycles. The van der Waals surface area contributed by atoms with Crippen molar-refractivity contribution in [2.24, 2.45) is 0 Å². The minimum Gasteiger partial charge on any atom is -0.507 e. The molecular weight excluding hydrogens is 454 g/mol. The molecule has 4 rings (SSSR count). The maximum absolute atomic E-state index is 13.1. The van der Waals surface area contributed by atoms with E-state index in [0.29, 0.717) is 12.1 Å². The summed E-state index contributed by atoms with van der Waals surface area (Å²) in [6, 6.07) is 18.6. The molecule has 1 amide bonds. The minimum absolute atomic E-state index is 0.133. The molecule has 0 aliphatic carbocycles. The van der Waals surface area contributed by atoms with Crippen LogP contribution in [0.15, 0.2) is 70.7 Å². The van der Waals surface area contributed by atoms with Gasteiger partial charge in [-0.3, -0.25) is 9.59 Å². The summed E-state index contributed by atoms with van der Waals surface area (Å²) < 4.78 is 0.915. The molecule has 0 saturated carbocycles. The Morgan fingerprint density at radius 2 is 1.81 bits per heavy atom. The van der Waals surface area contributed by atoms with Crippen LogP contribution in [0.25, 0.3) is 16.5 Å². The average molecular weight is 478 g/mol. The Labute approximate surface area is 190 Å². The zero-order valence-corrected chi connectivity index (χ0v) is 19.1. The number of nitrogens with zero attached hydrogens (tertiary/aromatic N) is 1. The molecule has 1 N–H and O–H groups in total. The second-order valence-electron chi connectivity index (χ2n) is 7.88. The van der Waals surface area contributed by atoms with Gasteiger partial charge < -0.3 is 10.0 Å². The van der Waals surface area contributed by atoms with Crippen molar-refractivity contribution in [1.82, 2.24) is 4.90 Å². The van der Waals surface area contributed by atoms with Crippen LogP contribution in [0, 0.1) is 6.92 Å². The van der Waals surface area contributed by atoms with Gasteiger partial charge in [0.05, 0.1) is 11.6 Å². The molecule has 1 saturated heterocycles. The number of amides is 1. The molecule has 1 fully saturated rings. The molecule has 3 aromatic rings. The third-order valence-corrected chi connectivity index (χ3v) is 6.73. The molecule has 1 aliphatic rings. The first-order valence-corrected chi connectivity index (χ1v) is 11.3. The summed E-state index contributed by atoms with van der Waals surface area (Å²) in [5, 5.41) is 13.2. The molecule has 1 unspecified atom stereocenters. The van der Waals surface area contributed by atoms with Crippen LogP contribution in [0.3, 0.4) is 0 Å². The molecule has 158 valence electrons. The van der Waals surface area contributed by atoms with E-state index >= 15 is 0 Å². The largest absolute Gasteiger partial charge is 0.507 e. The Bertz CT molecular complexity index is 1210. The highest BCUT2D eigenvalue weighted by Crippen LogP contribution is 2.42. The number of halogens is 1. The number of aryl methyl sites for hydroxylation is 1. The molecular formula is C26H24BrNO3. The van der Waals surface area contributed by atoms with Crippen molar-refractivity contribution in [2.45, 2.75) is 32.7 Å². The van der Waals surface area contributed by atoms with E-state index in [1.165, 1.54) is 0 Å². The van der Waals surface area contributed by atoms with Gasteiger partial charge in [-0.05, 0) is 47.4 Å². The van der Waals surface area contributed by atoms with Crippen LogP contribution in [0.5, 0.6) is 0 Å². The minimum atomic E-state index is -0.632. The van der Waals surface area contributed by atoms with Crippen LogP contribution in [-0.4, -0.2) is 28.2 Å². The molecule has 1 heterocycles. The van der Waals surface area contributed by atoms with E-state index in [0.717, 1.165) is 39.2 Å². The fourth-order valence-corrected chi connectivity index (χ4v) is 4.45. The molecule has 0 spiro atoms. The van der Waals surface area contributed by atoms with Crippen LogP contribution >= 0.6 is 15.9 Å². The molecule has 3 aromatic carbocycles. The van der Waals surface area contributed by atoms with Crippen molar-refractivity contribution < 1.29 is 14.7 Å². The Hall–Kier alpha value is -2.92. The van der Waals surface area contributed by atoms with Crippen molar-refractivity contribution in [3.63, 3.8) is 0 Å². The maximum Gasteiger partial charge on any atom is 0.295 e. The standard InChI is InChI=1S/C26H24BrNO3/c1-3-4-14-28-23(20-11-7-9-17-8-5-6-10-19(17)20)22(25(30)26(28)31)24(29)18-12-13-21(27)16(2)15-18/h5-13,15,23,29H,3-4,14H2,1-2H3/b24-22-. The van der Waals surface area contributed by atoms with Gasteiger partial charge in [-0.25, -0.2) is 0 Å². The predicted octanol–water partition coefficient (Wildman–Crippen LogP) is 6.13. The highest BCUT2D eigenvalue weighted by Gasteiger charge is 2.46. The third-order valence-electron chi connectivity index (χ3n) is 5.84. The number of carbonyl (C=O) groups excluding carboxylic acids is 2. The van der Waals surface area contributed by atoms with Gasteiger partial charge in [0.1, 0.15) is 5.76 Å². The SMILES string of the molecule is CCCCN1C(=O)C(=O)/C(=C(\O)c2ccc(Br)c(C)c2)C1c1cccc2ccccc12. The summed E-state index contributed by atoms with van der Waals surface area (Å²) in [4.78, 5) is 27.8. The Morgan fingerprint density at radius 3 is 2.55 bits per heavy atom. The van der Waals surface area contributed by atoms with E-state index in [1.807, 2.05) is 68.4 Å². The lowest BCUT2D eigenvalue weighted by Crippen LogP contribution is -2.30. The molecule has 5 heteroatoms. The van der Waals surface area contributed by atoms with Crippen molar-refractivity contribution in [2.75, 3.05) is 6.54 Å². The number of unbranched alkanes of at least 4 members (excludes halogenated alkanes) is 1. The van der Waals surface area contributed by atoms with Crippen LogP contribution in [-0.2, 0) is 9.59 Å². The predicted molar refractivity (Wildman–Crippen MR) is 127 cm³/mol. The quantitative estimate of drug-likeness (QED) is 0.273. The van der Waals surface area contributed by atoms with Crippen LogP contribution in [0.1, 0.15) is 42.5 Å². The summed E-state index contributed by atoms with van der Waals surface area (Å²) in [5.41, 5.74) is 2.47. The zero-order chi connectivity index (χ0) is 22.1. The Kier molecular flexibility index (Phi) is 5.96. The lowest BCUT2D eigenvalue weighted by molar-refractivity contribution is -0.139. The number of Topliss-reactive ketones (excluding diaryl/α,β-unsaturated/α-hetero) is 1. The van der Waals surface area contributed by atoms with Crippen LogP contribution < -0.4 is 0 Å². The number of likely N-dealkylation sites (tertiary alicyclic amines) is 1. The normalized spacial score (nSPS) is 18.2. The number of rotatable bonds is 5. The number of hydrogen-bond donors (Lipinski definition) is 1. The Balaban J connectivity index is 1.96. The molecule has 1 aliphatic heterocycles. The maximum atomic E-state index is 13.1. The topological polar surface area (TPSA) is 57.6 Å². The van der Waals surface area contributed by atoms with Gasteiger partial charge in [-0.1, -0.05) is 77.8 Å². The van der Waals surface area contributed by atoms with Crippen molar-refractivity contribution in [1.29, 1.82) is 0 Å². The Morgan fingerprint density at radius 1 is 1.06 bits per heavy atom. The van der Waals surface area contributed by atoms with Crippen LogP contribution in [0.2, 0.25) is 0 Å². The van der Waals surface area contributed by atoms with Gasteiger partial charge in [0.15, 0.2) is 0 Å². The number of benzene rings is 3. The average Bonchev–Trinajstić information content (AvgIpc) is 3.03. The monoisotopic (exact) mass is 477 g/mol. The van der Waals surface area contributed by atoms with E-state index in [-0.39, 0.29) is 11.3 Å². The number of hydrogen-bond acceptors (Lipinski definition) is 3. The number of aliphatic hydroxyl groups excluding tert-OH is 1. The van der Waals surface area contributed by atoms with Crippen molar-refractivity contribution in [3.05, 3.63) is 87.4 Å². The van der Waals surface area contributed by atoms with Crippen molar-refractivity contribution in [3.8, 4) is 0 Å². The fourth-order valence-electron chi connectivity index (χ4n) is 4.20. The fraction of sp³-hybridized carbons (Fsp3) is 0.231. The summed E-state index contributed by atoms with van der Waals surface area (Å²) in [6.07, 6.45) is 1.68. The number of ketones is 1. The van der Waals surface area contributed by atoms with Gasteiger partial charge in [0, 0.05) is 16.6 Å². The first kappa shape index (κ1) is 21.3. The lowest BCUT2D eigenvalue weighted by Gasteiger charge is -2.26. The van der Waals surface area contributed by atoms with E-state index in [4.69, 9.17) is 0 Å². The molecule has 4 nitrogen and oxygen atoms in total. The van der Waals surface area contributed by atoms with Gasteiger partial charge in [-0.2, -0.15) is 0 Å². The van der Waals surface area contributed by atoms with Crippen LogP contribution in [0.4, 0.5) is 0 Å². The summed E-state index contributed by atoms with van der Waals surface area (Å²) in [6.45, 7) is 4.43. The highest BCUT2D eigenvalue weighted by atomic mass is 79.9. The summed E-state index contributed by atoms with van der Waals surface area (Å²) >= 11 is 3.47. The second kappa shape index (κ2) is 8.67. The number of carbonyl (C=O) groups is 2. The third kappa shape index (κ3) is 3.79. The first-order valence-electron chi connectivity index (χ1n) is 10.5. The lowest BCUT2D eigenvalue weighted by atomic mass is 9.91. The van der Waals surface area contributed by atoms with E-state index < -0.39 is 17.7 Å². The van der Waals surface area contributed by atoms with E-state index in [1.54, 1.807) is 11.0 Å². The second-order valence-corrected chi connectivity index (χ2v) is 8.73. The van der Waals surface area contributed by atoms with Gasteiger partial charge in [0.25, 0.3) is 11.7 Å². The van der Waals surface area contributed by atoms with E-state index in [2.05, 4.69) is 15.9 Å². The van der Waals surface area contributed by atoms with Gasteiger partial charge in [0.2, 0.25) is 0 Å². The molecule has 1 atom stereocenters. The van der Waals surface area contributed by atoms with Crippen molar-refractivity contribution >= 4 is 44.2 Å². The zero-order valence-electron chi connectivity index (χ0n) is 17.6. The van der Waals surface area contributed by atoms with Gasteiger partial charge in [-0.15, -0.1) is 0 Å². The molecule has 0 radical (unpaired) electrons. The summed E-state index contributed by atoms with van der Waals surface area (Å²) in [7, 11) is 0. The highest BCUT2D eigenvalue weighted by molar-refractivity contribution is 9.10. The molecule has 31 heavy (non-hydrogen) atoms. The smallest absolute Gasteiger partial charge is 0.295 e. The molecule has 0 bridgehead atoms. The number of fused-ring (bicyclic) bond motifs is 1. The first-order chi connectivity index (χ1) is 14.9. The van der Waals surface area contributed by atoms with Gasteiger partial charge >= 0.3 is 0 Å². The number of aliphatic hydroxyl groups is 1.